The first-order chi connectivity index (χ1) is 9.18. The highest BCUT2D eigenvalue weighted by molar-refractivity contribution is 5.94. The lowest BCUT2D eigenvalue weighted by molar-refractivity contribution is 0.0742. The number of rotatable bonds is 2. The van der Waals surface area contributed by atoms with Gasteiger partial charge in [-0.1, -0.05) is 19.3 Å². The second-order valence-electron chi connectivity index (χ2n) is 5.36. The number of hydrogen-bond acceptors (Lipinski definition) is 3. The van der Waals surface area contributed by atoms with E-state index >= 15 is 0 Å². The molecule has 104 valence electrons. The van der Waals surface area contributed by atoms with Crippen molar-refractivity contribution in [2.24, 2.45) is 0 Å². The van der Waals surface area contributed by atoms with E-state index in [1.54, 1.807) is 6.20 Å². The van der Waals surface area contributed by atoms with Crippen molar-refractivity contribution in [3.63, 3.8) is 0 Å². The highest BCUT2D eigenvalue weighted by Gasteiger charge is 2.16. The molecule has 1 aliphatic rings. The molecule has 0 radical (unpaired) electrons. The van der Waals surface area contributed by atoms with Crippen molar-refractivity contribution < 1.29 is 4.79 Å². The van der Waals surface area contributed by atoms with Gasteiger partial charge in [-0.2, -0.15) is 0 Å². The molecule has 1 fully saturated rings. The van der Waals surface area contributed by atoms with Gasteiger partial charge in [0, 0.05) is 33.4 Å². The number of likely N-dealkylation sites (tertiary alicyclic amines) is 1. The van der Waals surface area contributed by atoms with Crippen molar-refractivity contribution in [1.29, 1.82) is 0 Å². The van der Waals surface area contributed by atoms with Gasteiger partial charge in [0.15, 0.2) is 0 Å². The summed E-state index contributed by atoms with van der Waals surface area (Å²) in [6, 6.07) is 3.78. The maximum absolute atomic E-state index is 12.4. The number of anilines is 1. The van der Waals surface area contributed by atoms with E-state index in [9.17, 15) is 4.79 Å². The van der Waals surface area contributed by atoms with E-state index in [0.29, 0.717) is 5.56 Å². The van der Waals surface area contributed by atoms with Crippen molar-refractivity contribution in [2.75, 3.05) is 32.1 Å². The van der Waals surface area contributed by atoms with Crippen LogP contribution in [0.2, 0.25) is 0 Å². The van der Waals surface area contributed by atoms with Crippen LogP contribution in [0.4, 0.5) is 5.82 Å². The molecule has 4 nitrogen and oxygen atoms in total. The van der Waals surface area contributed by atoms with E-state index in [4.69, 9.17) is 0 Å². The van der Waals surface area contributed by atoms with Crippen LogP contribution in [0.5, 0.6) is 0 Å². The number of pyridine rings is 1. The molecule has 0 atom stereocenters. The Bertz CT molecular complexity index is 406. The number of hydrogen-bond donors (Lipinski definition) is 0. The predicted octanol–water partition coefficient (Wildman–Crippen LogP) is 2.55. The Morgan fingerprint density at radius 2 is 1.74 bits per heavy atom. The summed E-state index contributed by atoms with van der Waals surface area (Å²) >= 11 is 0. The molecule has 1 aromatic rings. The van der Waals surface area contributed by atoms with Gasteiger partial charge in [0.2, 0.25) is 0 Å². The summed E-state index contributed by atoms with van der Waals surface area (Å²) in [4.78, 5) is 20.6. The summed E-state index contributed by atoms with van der Waals surface area (Å²) in [5, 5.41) is 0. The third-order valence-corrected chi connectivity index (χ3v) is 3.60. The van der Waals surface area contributed by atoms with E-state index in [1.807, 2.05) is 36.0 Å². The smallest absolute Gasteiger partial charge is 0.255 e. The zero-order valence-corrected chi connectivity index (χ0v) is 11.9. The Morgan fingerprint density at radius 3 is 2.26 bits per heavy atom. The molecule has 4 heteroatoms. The summed E-state index contributed by atoms with van der Waals surface area (Å²) in [6.07, 6.45) is 7.71. The molecular weight excluding hydrogens is 238 g/mol. The van der Waals surface area contributed by atoms with Crippen LogP contribution < -0.4 is 4.90 Å². The van der Waals surface area contributed by atoms with Crippen LogP contribution in [0, 0.1) is 0 Å². The van der Waals surface area contributed by atoms with Crippen LogP contribution in [0.25, 0.3) is 0 Å². The molecule has 0 bridgehead atoms. The highest BCUT2D eigenvalue weighted by atomic mass is 16.2. The molecule has 0 aromatic carbocycles. The molecular formula is C15H23N3O. The third-order valence-electron chi connectivity index (χ3n) is 3.60. The summed E-state index contributed by atoms with van der Waals surface area (Å²) in [7, 11) is 3.89. The molecule has 1 saturated heterocycles. The SMILES string of the molecule is CN(C)c1ccc(C(=O)N2CCCCCCC2)cn1. The summed E-state index contributed by atoms with van der Waals surface area (Å²) in [5.74, 6) is 1.00. The van der Waals surface area contributed by atoms with E-state index in [2.05, 4.69) is 4.98 Å². The van der Waals surface area contributed by atoms with Gasteiger partial charge in [0.25, 0.3) is 5.91 Å². The van der Waals surface area contributed by atoms with Crippen LogP contribution in [0.15, 0.2) is 18.3 Å². The summed E-state index contributed by atoms with van der Waals surface area (Å²) in [6.45, 7) is 1.77. The van der Waals surface area contributed by atoms with Gasteiger partial charge < -0.3 is 9.80 Å². The normalized spacial score (nSPS) is 16.6. The molecule has 2 heterocycles. The fourth-order valence-corrected chi connectivity index (χ4v) is 2.41. The Balaban J connectivity index is 2.04. The first-order valence-corrected chi connectivity index (χ1v) is 7.11. The second kappa shape index (κ2) is 6.55. The fraction of sp³-hybridized carbons (Fsp3) is 0.600. The Kier molecular flexibility index (Phi) is 4.77. The molecule has 1 aliphatic heterocycles. The van der Waals surface area contributed by atoms with Gasteiger partial charge >= 0.3 is 0 Å². The van der Waals surface area contributed by atoms with Crippen LogP contribution in [-0.2, 0) is 0 Å². The molecule has 0 N–H and O–H groups in total. The van der Waals surface area contributed by atoms with Crippen molar-refractivity contribution >= 4 is 11.7 Å². The molecule has 19 heavy (non-hydrogen) atoms. The Morgan fingerprint density at radius 1 is 1.11 bits per heavy atom. The number of amides is 1. The van der Waals surface area contributed by atoms with Crippen molar-refractivity contribution in [3.8, 4) is 0 Å². The van der Waals surface area contributed by atoms with Crippen LogP contribution >= 0.6 is 0 Å². The molecule has 0 spiro atoms. The Labute approximate surface area is 115 Å². The highest BCUT2D eigenvalue weighted by Crippen LogP contribution is 2.14. The maximum Gasteiger partial charge on any atom is 0.255 e. The zero-order chi connectivity index (χ0) is 13.7. The van der Waals surface area contributed by atoms with Gasteiger partial charge in [-0.05, 0) is 25.0 Å². The second-order valence-corrected chi connectivity index (χ2v) is 5.36. The van der Waals surface area contributed by atoms with Crippen LogP contribution in [0.3, 0.4) is 0 Å². The van der Waals surface area contributed by atoms with Crippen molar-refractivity contribution in [1.82, 2.24) is 9.88 Å². The van der Waals surface area contributed by atoms with E-state index < -0.39 is 0 Å². The molecule has 0 saturated carbocycles. The molecule has 2 rings (SSSR count). The zero-order valence-electron chi connectivity index (χ0n) is 11.9. The Hall–Kier alpha value is -1.58. The van der Waals surface area contributed by atoms with E-state index in [0.717, 1.165) is 31.7 Å². The lowest BCUT2D eigenvalue weighted by Crippen LogP contribution is -2.33. The van der Waals surface area contributed by atoms with Gasteiger partial charge in [-0.25, -0.2) is 4.98 Å². The quantitative estimate of drug-likeness (QED) is 0.821. The van der Waals surface area contributed by atoms with Gasteiger partial charge in [0.1, 0.15) is 5.82 Å². The number of carbonyl (C=O) groups excluding carboxylic acids is 1. The van der Waals surface area contributed by atoms with Crippen LogP contribution in [0.1, 0.15) is 42.5 Å². The third kappa shape index (κ3) is 3.69. The van der Waals surface area contributed by atoms with Crippen molar-refractivity contribution in [3.05, 3.63) is 23.9 Å². The van der Waals surface area contributed by atoms with E-state index in [1.165, 1.54) is 19.3 Å². The number of carbonyl (C=O) groups is 1. The monoisotopic (exact) mass is 261 g/mol. The number of aromatic nitrogens is 1. The minimum absolute atomic E-state index is 0.125. The molecule has 1 aromatic heterocycles. The maximum atomic E-state index is 12.4. The average Bonchev–Trinajstić information content (AvgIpc) is 2.38. The fourth-order valence-electron chi connectivity index (χ4n) is 2.41. The first kappa shape index (κ1) is 13.8. The van der Waals surface area contributed by atoms with Crippen LogP contribution in [-0.4, -0.2) is 43.0 Å². The summed E-state index contributed by atoms with van der Waals surface area (Å²) in [5.41, 5.74) is 0.700. The standard InChI is InChI=1S/C15H23N3O/c1-17(2)14-9-8-13(12-16-14)15(19)18-10-6-4-3-5-7-11-18/h8-9,12H,3-7,10-11H2,1-2H3. The first-order valence-electron chi connectivity index (χ1n) is 7.11. The predicted molar refractivity (Wildman–Crippen MR) is 77.6 cm³/mol. The minimum Gasteiger partial charge on any atom is -0.363 e. The summed E-state index contributed by atoms with van der Waals surface area (Å²) < 4.78 is 0. The largest absolute Gasteiger partial charge is 0.363 e. The number of nitrogens with zero attached hydrogens (tertiary/aromatic N) is 3. The topological polar surface area (TPSA) is 36.4 Å². The molecule has 0 unspecified atom stereocenters. The van der Waals surface area contributed by atoms with Gasteiger partial charge in [0.05, 0.1) is 5.56 Å². The van der Waals surface area contributed by atoms with Crippen molar-refractivity contribution in [2.45, 2.75) is 32.1 Å². The lowest BCUT2D eigenvalue weighted by atomic mass is 10.1. The average molecular weight is 261 g/mol. The molecule has 0 aliphatic carbocycles. The minimum atomic E-state index is 0.125. The van der Waals surface area contributed by atoms with E-state index in [-0.39, 0.29) is 5.91 Å². The van der Waals surface area contributed by atoms with Gasteiger partial charge in [-0.15, -0.1) is 0 Å². The molecule has 1 amide bonds. The van der Waals surface area contributed by atoms with Gasteiger partial charge in [-0.3, -0.25) is 4.79 Å². The lowest BCUT2D eigenvalue weighted by Gasteiger charge is -2.24.